The Morgan fingerprint density at radius 2 is 2.12 bits per heavy atom. The molecule has 2 fully saturated rings. The number of carbonyl (C=O) groups excluding carboxylic acids is 1. The monoisotopic (exact) mass is 471 g/mol. The second-order valence-corrected chi connectivity index (χ2v) is 9.20. The lowest BCUT2D eigenvalue weighted by molar-refractivity contribution is -0.117. The van der Waals surface area contributed by atoms with E-state index >= 15 is 4.39 Å². The third kappa shape index (κ3) is 3.49. The average molecular weight is 472 g/mol. The van der Waals surface area contributed by atoms with E-state index in [0.717, 1.165) is 12.8 Å². The molecule has 3 unspecified atom stereocenters. The summed E-state index contributed by atoms with van der Waals surface area (Å²) in [4.78, 5) is 20.7. The maximum atomic E-state index is 15.4. The Morgan fingerprint density at radius 1 is 1.33 bits per heavy atom. The highest BCUT2D eigenvalue weighted by molar-refractivity contribution is 6.35. The molecule has 1 amide bonds. The molecule has 3 N–H and O–H groups in total. The summed E-state index contributed by atoms with van der Waals surface area (Å²) in [5.41, 5.74) is 2.11. The lowest BCUT2D eigenvalue weighted by Gasteiger charge is -2.18. The maximum absolute atomic E-state index is 15.4. The van der Waals surface area contributed by atoms with E-state index in [1.807, 2.05) is 6.92 Å². The molecule has 1 aromatic carbocycles. The standard InChI is InChI=1S/C22H20ClF2N7O/c1-9(10-2-3-10)28-21-19(25)18(23)17(12-5-27-31-20(12)21)14-7-32-8-15(29-16(32)6-26-14)30-22(33)11-4-13(11)24/h5-11,13,28H,2-4H2,1H3,(H,27,31)(H,30,33). The van der Waals surface area contributed by atoms with Crippen LogP contribution in [0.4, 0.5) is 20.3 Å². The summed E-state index contributed by atoms with van der Waals surface area (Å²) in [6, 6.07) is 0.116. The van der Waals surface area contributed by atoms with Gasteiger partial charge in [-0.05, 0) is 32.1 Å². The van der Waals surface area contributed by atoms with Crippen molar-refractivity contribution in [3.05, 3.63) is 35.6 Å². The van der Waals surface area contributed by atoms with Gasteiger partial charge in [-0.3, -0.25) is 14.9 Å². The van der Waals surface area contributed by atoms with Gasteiger partial charge in [0.1, 0.15) is 6.17 Å². The molecule has 3 heterocycles. The first-order chi connectivity index (χ1) is 15.9. The number of hydrogen-bond donors (Lipinski definition) is 3. The zero-order chi connectivity index (χ0) is 22.9. The number of fused-ring (bicyclic) bond motifs is 2. The first-order valence-electron chi connectivity index (χ1n) is 10.8. The fraction of sp³-hybridized carbons (Fsp3) is 0.364. The number of H-pyrrole nitrogens is 1. The van der Waals surface area contributed by atoms with Crippen LogP contribution in [0.3, 0.4) is 0 Å². The van der Waals surface area contributed by atoms with Crippen LogP contribution < -0.4 is 10.6 Å². The molecule has 33 heavy (non-hydrogen) atoms. The van der Waals surface area contributed by atoms with Crippen LogP contribution in [0.25, 0.3) is 27.8 Å². The largest absolute Gasteiger partial charge is 0.378 e. The SMILES string of the molecule is CC(Nc1c(F)c(Cl)c(-c2cn3cc(NC(=O)C4CC4F)nc3cn2)c2cn[nH]c12)C1CC1. The molecule has 3 aromatic heterocycles. The summed E-state index contributed by atoms with van der Waals surface area (Å²) in [6.45, 7) is 2.03. The molecule has 0 spiro atoms. The number of hydrogen-bond acceptors (Lipinski definition) is 5. The van der Waals surface area contributed by atoms with E-state index in [9.17, 15) is 9.18 Å². The Balaban J connectivity index is 1.38. The third-order valence-corrected chi connectivity index (χ3v) is 6.74. The highest BCUT2D eigenvalue weighted by Gasteiger charge is 2.43. The predicted octanol–water partition coefficient (Wildman–Crippen LogP) is 4.57. The van der Waals surface area contributed by atoms with Crippen LogP contribution >= 0.6 is 11.6 Å². The Hall–Kier alpha value is -3.27. The molecule has 2 saturated carbocycles. The van der Waals surface area contributed by atoms with Gasteiger partial charge in [0.2, 0.25) is 5.91 Å². The van der Waals surface area contributed by atoms with E-state index in [-0.39, 0.29) is 23.3 Å². The number of aromatic amines is 1. The number of anilines is 2. The van der Waals surface area contributed by atoms with E-state index < -0.39 is 23.8 Å². The zero-order valence-electron chi connectivity index (χ0n) is 17.6. The van der Waals surface area contributed by atoms with E-state index in [2.05, 4.69) is 30.8 Å². The Bertz CT molecular complexity index is 1410. The number of rotatable bonds is 6. The van der Waals surface area contributed by atoms with Gasteiger partial charge in [0.15, 0.2) is 17.3 Å². The smallest absolute Gasteiger partial charge is 0.231 e. The van der Waals surface area contributed by atoms with Crippen molar-refractivity contribution in [2.45, 2.75) is 38.4 Å². The van der Waals surface area contributed by atoms with Gasteiger partial charge < -0.3 is 15.0 Å². The average Bonchev–Trinajstić information content (AvgIpc) is 3.68. The number of halogens is 3. The molecule has 0 bridgehead atoms. The summed E-state index contributed by atoms with van der Waals surface area (Å²) in [7, 11) is 0. The fourth-order valence-electron chi connectivity index (χ4n) is 4.18. The van der Waals surface area contributed by atoms with Crippen LogP contribution in [0, 0.1) is 17.7 Å². The van der Waals surface area contributed by atoms with Gasteiger partial charge in [-0.2, -0.15) is 5.10 Å². The Labute approximate surface area is 191 Å². The molecule has 8 nitrogen and oxygen atoms in total. The number of amides is 1. The Morgan fingerprint density at radius 3 is 2.85 bits per heavy atom. The number of nitrogens with zero attached hydrogens (tertiary/aromatic N) is 4. The van der Waals surface area contributed by atoms with Crippen molar-refractivity contribution in [3.8, 4) is 11.3 Å². The van der Waals surface area contributed by atoms with Gasteiger partial charge in [0.05, 0.1) is 46.4 Å². The number of imidazole rings is 1. The van der Waals surface area contributed by atoms with Crippen molar-refractivity contribution < 1.29 is 13.6 Å². The van der Waals surface area contributed by atoms with Crippen molar-refractivity contribution in [1.29, 1.82) is 0 Å². The molecular formula is C22H20ClF2N7O. The molecule has 170 valence electrons. The van der Waals surface area contributed by atoms with Crippen LogP contribution in [0.5, 0.6) is 0 Å². The summed E-state index contributed by atoms with van der Waals surface area (Å²) >= 11 is 6.51. The number of alkyl halides is 1. The minimum Gasteiger partial charge on any atom is -0.378 e. The zero-order valence-corrected chi connectivity index (χ0v) is 18.3. The van der Waals surface area contributed by atoms with E-state index in [1.54, 1.807) is 23.0 Å². The molecule has 11 heteroatoms. The van der Waals surface area contributed by atoms with Crippen molar-refractivity contribution in [2.75, 3.05) is 10.6 Å². The number of benzene rings is 1. The number of nitrogens with one attached hydrogen (secondary N) is 3. The first-order valence-corrected chi connectivity index (χ1v) is 11.2. The minimum absolute atomic E-state index is 0.0578. The molecule has 4 aromatic rings. The first kappa shape index (κ1) is 20.3. The fourth-order valence-corrected chi connectivity index (χ4v) is 4.48. The van der Waals surface area contributed by atoms with Crippen molar-refractivity contribution in [1.82, 2.24) is 24.6 Å². The van der Waals surface area contributed by atoms with E-state index in [0.29, 0.717) is 39.4 Å². The van der Waals surface area contributed by atoms with E-state index in [4.69, 9.17) is 11.6 Å². The molecule has 2 aliphatic carbocycles. The third-order valence-electron chi connectivity index (χ3n) is 6.39. The van der Waals surface area contributed by atoms with Crippen LogP contribution in [0.15, 0.2) is 24.8 Å². The lowest BCUT2D eigenvalue weighted by Crippen LogP contribution is -2.18. The van der Waals surface area contributed by atoms with Crippen molar-refractivity contribution in [3.63, 3.8) is 0 Å². The number of carbonyl (C=O) groups is 1. The predicted molar refractivity (Wildman–Crippen MR) is 120 cm³/mol. The molecule has 6 rings (SSSR count). The van der Waals surface area contributed by atoms with E-state index in [1.165, 1.54) is 6.20 Å². The van der Waals surface area contributed by atoms with Crippen molar-refractivity contribution >= 4 is 45.6 Å². The second kappa shape index (κ2) is 7.38. The van der Waals surface area contributed by atoms with Crippen LogP contribution in [0.2, 0.25) is 5.02 Å². The topological polar surface area (TPSA) is 100 Å². The normalized spacial score (nSPS) is 20.8. The Kier molecular flexibility index (Phi) is 4.55. The molecular weight excluding hydrogens is 452 g/mol. The quantitative estimate of drug-likeness (QED) is 0.382. The highest BCUT2D eigenvalue weighted by Crippen LogP contribution is 2.42. The second-order valence-electron chi connectivity index (χ2n) is 8.82. The molecule has 0 radical (unpaired) electrons. The van der Waals surface area contributed by atoms with Gasteiger partial charge >= 0.3 is 0 Å². The van der Waals surface area contributed by atoms with Gasteiger partial charge in [-0.1, -0.05) is 11.6 Å². The van der Waals surface area contributed by atoms with Gasteiger partial charge in [-0.25, -0.2) is 13.8 Å². The highest BCUT2D eigenvalue weighted by atomic mass is 35.5. The van der Waals surface area contributed by atoms with Gasteiger partial charge in [-0.15, -0.1) is 0 Å². The molecule has 3 atom stereocenters. The van der Waals surface area contributed by atoms with Crippen molar-refractivity contribution in [2.24, 2.45) is 11.8 Å². The van der Waals surface area contributed by atoms with Gasteiger partial charge in [0.25, 0.3) is 0 Å². The summed E-state index contributed by atoms with van der Waals surface area (Å²) in [6.07, 6.45) is 7.74. The van der Waals surface area contributed by atoms with Crippen LogP contribution in [0.1, 0.15) is 26.2 Å². The lowest BCUT2D eigenvalue weighted by atomic mass is 10.0. The summed E-state index contributed by atoms with van der Waals surface area (Å²) in [5, 5.41) is 13.4. The summed E-state index contributed by atoms with van der Waals surface area (Å²) < 4.78 is 30.2. The van der Waals surface area contributed by atoms with Crippen LogP contribution in [-0.2, 0) is 4.79 Å². The molecule has 0 saturated heterocycles. The number of aromatic nitrogens is 5. The minimum atomic E-state index is -1.09. The molecule has 0 aliphatic heterocycles. The molecule has 2 aliphatic rings. The summed E-state index contributed by atoms with van der Waals surface area (Å²) in [5.74, 6) is -0.766. The van der Waals surface area contributed by atoms with Crippen LogP contribution in [-0.4, -0.2) is 42.7 Å². The van der Waals surface area contributed by atoms with Gasteiger partial charge in [0, 0.05) is 23.2 Å². The maximum Gasteiger partial charge on any atom is 0.231 e.